The molecule has 0 spiro atoms. The minimum Gasteiger partial charge on any atom is -0.356 e. The molecule has 32 heavy (non-hydrogen) atoms. The van der Waals surface area contributed by atoms with E-state index in [0.29, 0.717) is 31.4 Å². The molecule has 1 N–H and O–H groups in total. The Morgan fingerprint density at radius 3 is 2.72 bits per heavy atom. The zero-order chi connectivity index (χ0) is 22.8. The molecular formula is C24H28BrN5O2. The van der Waals surface area contributed by atoms with E-state index in [2.05, 4.69) is 40.2 Å². The maximum atomic E-state index is 13.0. The maximum absolute atomic E-state index is 13.0. The van der Waals surface area contributed by atoms with Crippen LogP contribution in [0.4, 0.5) is 0 Å². The third kappa shape index (κ3) is 4.24. The number of nitrogens with zero attached hydrogens (tertiary/aromatic N) is 4. The molecule has 0 radical (unpaired) electrons. The third-order valence-electron chi connectivity index (χ3n) is 6.01. The SMILES string of the molecule is CCn1nc(C)c(CCNC(=O)CCCn2c(=O)c3cccn3c3ccc(Br)cc32)c1C. The molecule has 0 aliphatic rings. The van der Waals surface area contributed by atoms with E-state index in [1.165, 1.54) is 5.56 Å². The number of fused-ring (bicyclic) bond motifs is 3. The van der Waals surface area contributed by atoms with Crippen molar-refractivity contribution in [3.8, 4) is 0 Å². The Hall–Kier alpha value is -2.87. The first-order valence-electron chi connectivity index (χ1n) is 11.0. The Labute approximate surface area is 195 Å². The van der Waals surface area contributed by atoms with Gasteiger partial charge in [-0.05, 0) is 69.5 Å². The number of aromatic nitrogens is 4. The first-order chi connectivity index (χ1) is 15.4. The highest BCUT2D eigenvalue weighted by Crippen LogP contribution is 2.21. The number of hydrogen-bond donors (Lipinski definition) is 1. The molecule has 0 aliphatic carbocycles. The monoisotopic (exact) mass is 497 g/mol. The number of rotatable bonds is 8. The van der Waals surface area contributed by atoms with Crippen LogP contribution in [0.1, 0.15) is 36.7 Å². The van der Waals surface area contributed by atoms with E-state index in [1.54, 1.807) is 4.57 Å². The lowest BCUT2D eigenvalue weighted by Gasteiger charge is -2.13. The largest absolute Gasteiger partial charge is 0.356 e. The topological polar surface area (TPSA) is 73.3 Å². The van der Waals surface area contributed by atoms with Gasteiger partial charge in [-0.3, -0.25) is 14.3 Å². The van der Waals surface area contributed by atoms with E-state index in [4.69, 9.17) is 0 Å². The van der Waals surface area contributed by atoms with E-state index in [-0.39, 0.29) is 11.5 Å². The number of aryl methyl sites for hydroxylation is 3. The van der Waals surface area contributed by atoms with Crippen molar-refractivity contribution >= 4 is 38.4 Å². The summed E-state index contributed by atoms with van der Waals surface area (Å²) < 4.78 is 6.60. The van der Waals surface area contributed by atoms with Gasteiger partial charge in [0.1, 0.15) is 5.52 Å². The average Bonchev–Trinajstić information content (AvgIpc) is 3.36. The van der Waals surface area contributed by atoms with Crippen LogP contribution in [0, 0.1) is 13.8 Å². The van der Waals surface area contributed by atoms with Crippen LogP contribution >= 0.6 is 15.9 Å². The number of nitrogens with one attached hydrogen (secondary N) is 1. The van der Waals surface area contributed by atoms with Crippen molar-refractivity contribution < 1.29 is 4.79 Å². The molecule has 8 heteroatoms. The van der Waals surface area contributed by atoms with Gasteiger partial charge < -0.3 is 14.3 Å². The zero-order valence-corrected chi connectivity index (χ0v) is 20.3. The summed E-state index contributed by atoms with van der Waals surface area (Å²) in [5, 5.41) is 7.54. The first kappa shape index (κ1) is 22.3. The van der Waals surface area contributed by atoms with Crippen molar-refractivity contribution in [3.63, 3.8) is 0 Å². The summed E-state index contributed by atoms with van der Waals surface area (Å²) in [7, 11) is 0. The summed E-state index contributed by atoms with van der Waals surface area (Å²) in [6.45, 7) is 8.08. The van der Waals surface area contributed by atoms with Crippen LogP contribution in [0.3, 0.4) is 0 Å². The van der Waals surface area contributed by atoms with Crippen LogP contribution in [-0.4, -0.2) is 31.2 Å². The van der Waals surface area contributed by atoms with E-state index in [0.717, 1.165) is 39.9 Å². The van der Waals surface area contributed by atoms with Gasteiger partial charge in [-0.25, -0.2) is 0 Å². The van der Waals surface area contributed by atoms with E-state index in [1.807, 2.05) is 52.5 Å². The van der Waals surface area contributed by atoms with Gasteiger partial charge in [0.2, 0.25) is 5.91 Å². The zero-order valence-electron chi connectivity index (χ0n) is 18.7. The Kier molecular flexibility index (Phi) is 6.50. The fraction of sp³-hybridized carbons (Fsp3) is 0.375. The minimum atomic E-state index is -0.0418. The molecule has 4 aromatic rings. The Morgan fingerprint density at radius 1 is 1.16 bits per heavy atom. The molecule has 4 rings (SSSR count). The summed E-state index contributed by atoms with van der Waals surface area (Å²) in [5.74, 6) is 0.00508. The standard InChI is InChI=1S/C24H28BrN5O2/c1-4-30-17(3)19(16(2)27-30)11-12-26-23(31)8-6-14-29-22-15-18(25)9-10-20(22)28-13-5-7-21(28)24(29)32/h5,7,9-10,13,15H,4,6,8,11-12,14H2,1-3H3,(H,26,31). The van der Waals surface area contributed by atoms with Gasteiger partial charge >= 0.3 is 0 Å². The van der Waals surface area contributed by atoms with Crippen LogP contribution in [0.5, 0.6) is 0 Å². The predicted molar refractivity (Wildman–Crippen MR) is 130 cm³/mol. The van der Waals surface area contributed by atoms with Crippen LogP contribution < -0.4 is 10.9 Å². The average molecular weight is 498 g/mol. The first-order valence-corrected chi connectivity index (χ1v) is 11.8. The van der Waals surface area contributed by atoms with Crippen molar-refractivity contribution in [2.45, 2.75) is 53.1 Å². The maximum Gasteiger partial charge on any atom is 0.275 e. The number of carbonyl (C=O) groups is 1. The smallest absolute Gasteiger partial charge is 0.275 e. The fourth-order valence-corrected chi connectivity index (χ4v) is 4.72. The second kappa shape index (κ2) is 9.32. The van der Waals surface area contributed by atoms with Gasteiger partial charge in [0, 0.05) is 42.4 Å². The lowest BCUT2D eigenvalue weighted by atomic mass is 10.1. The molecule has 3 aromatic heterocycles. The van der Waals surface area contributed by atoms with E-state index in [9.17, 15) is 9.59 Å². The number of benzene rings is 1. The summed E-state index contributed by atoms with van der Waals surface area (Å²) >= 11 is 3.51. The highest BCUT2D eigenvalue weighted by molar-refractivity contribution is 9.10. The van der Waals surface area contributed by atoms with Gasteiger partial charge in [-0.15, -0.1) is 0 Å². The van der Waals surface area contributed by atoms with Gasteiger partial charge in [-0.1, -0.05) is 15.9 Å². The van der Waals surface area contributed by atoms with Crippen LogP contribution in [-0.2, 0) is 24.3 Å². The van der Waals surface area contributed by atoms with Gasteiger partial charge in [0.15, 0.2) is 0 Å². The normalized spacial score (nSPS) is 11.5. The van der Waals surface area contributed by atoms with Crippen LogP contribution in [0.15, 0.2) is 45.8 Å². The molecule has 0 bridgehead atoms. The minimum absolute atomic E-state index is 0.00508. The molecule has 7 nitrogen and oxygen atoms in total. The quantitative estimate of drug-likeness (QED) is 0.399. The van der Waals surface area contributed by atoms with E-state index >= 15 is 0 Å². The van der Waals surface area contributed by atoms with Crippen LogP contribution in [0.25, 0.3) is 16.6 Å². The fourth-order valence-electron chi connectivity index (χ4n) is 4.37. The molecule has 0 saturated carbocycles. The van der Waals surface area contributed by atoms with Gasteiger partial charge in [0.25, 0.3) is 5.56 Å². The molecule has 1 amide bonds. The molecule has 0 atom stereocenters. The molecule has 1 aromatic carbocycles. The lowest BCUT2D eigenvalue weighted by Crippen LogP contribution is -2.27. The predicted octanol–water partition coefficient (Wildman–Crippen LogP) is 3.99. The molecular weight excluding hydrogens is 470 g/mol. The number of halogens is 1. The summed E-state index contributed by atoms with van der Waals surface area (Å²) in [6, 6.07) is 9.64. The van der Waals surface area contributed by atoms with Gasteiger partial charge in [-0.2, -0.15) is 5.10 Å². The van der Waals surface area contributed by atoms with Crippen molar-refractivity contribution in [1.82, 2.24) is 24.1 Å². The number of hydrogen-bond acceptors (Lipinski definition) is 3. The molecule has 0 aliphatic heterocycles. The summed E-state index contributed by atoms with van der Waals surface area (Å²) in [5.41, 5.74) is 5.82. The Bertz CT molecular complexity index is 1350. The molecule has 168 valence electrons. The second-order valence-corrected chi connectivity index (χ2v) is 8.94. The number of amides is 1. The molecule has 0 fully saturated rings. The molecule has 0 saturated heterocycles. The summed E-state index contributed by atoms with van der Waals surface area (Å²) in [4.78, 5) is 25.4. The van der Waals surface area contributed by atoms with E-state index < -0.39 is 0 Å². The third-order valence-corrected chi connectivity index (χ3v) is 6.51. The highest BCUT2D eigenvalue weighted by Gasteiger charge is 2.13. The Balaban J connectivity index is 1.39. The van der Waals surface area contributed by atoms with Crippen molar-refractivity contribution in [2.75, 3.05) is 6.54 Å². The van der Waals surface area contributed by atoms with Crippen molar-refractivity contribution in [3.05, 3.63) is 68.3 Å². The highest BCUT2D eigenvalue weighted by atomic mass is 79.9. The lowest BCUT2D eigenvalue weighted by molar-refractivity contribution is -0.121. The molecule has 0 unspecified atom stereocenters. The number of carbonyl (C=O) groups excluding carboxylic acids is 1. The van der Waals surface area contributed by atoms with Crippen molar-refractivity contribution in [2.24, 2.45) is 0 Å². The summed E-state index contributed by atoms with van der Waals surface area (Å²) in [6.07, 6.45) is 3.64. The Morgan fingerprint density at radius 2 is 1.97 bits per heavy atom. The molecule has 3 heterocycles. The van der Waals surface area contributed by atoms with Gasteiger partial charge in [0.05, 0.1) is 16.7 Å². The van der Waals surface area contributed by atoms with Crippen molar-refractivity contribution in [1.29, 1.82) is 0 Å². The second-order valence-electron chi connectivity index (χ2n) is 8.02. The van der Waals surface area contributed by atoms with Crippen LogP contribution in [0.2, 0.25) is 0 Å².